The van der Waals surface area contributed by atoms with Crippen molar-refractivity contribution in [2.45, 2.75) is 0 Å². The number of hydrogen-bond donors (Lipinski definition) is 1. The summed E-state index contributed by atoms with van der Waals surface area (Å²) in [5.74, 6) is -0.173. The third-order valence-corrected chi connectivity index (χ3v) is 2.71. The van der Waals surface area contributed by atoms with Crippen LogP contribution in [0.25, 0.3) is 6.20 Å². The molecule has 0 spiro atoms. The lowest BCUT2D eigenvalue weighted by atomic mass is 10.1. The van der Waals surface area contributed by atoms with Gasteiger partial charge in [0.1, 0.15) is 12.0 Å². The molecule has 0 aliphatic heterocycles. The van der Waals surface area contributed by atoms with Gasteiger partial charge in [-0.2, -0.15) is 0 Å². The van der Waals surface area contributed by atoms with Gasteiger partial charge in [0, 0.05) is 17.7 Å². The number of carbonyl (C=O) groups is 1. The Bertz CT molecular complexity index is 638. The van der Waals surface area contributed by atoms with E-state index in [1.807, 2.05) is 0 Å². The molecule has 96 valence electrons. The first-order valence-corrected chi connectivity index (χ1v) is 5.88. The first kappa shape index (κ1) is 13.2. The lowest BCUT2D eigenvalue weighted by molar-refractivity contribution is -0.552. The Hall–Kier alpha value is -2.20. The molecule has 0 atom stereocenters. The quantitative estimate of drug-likeness (QED) is 0.533. The van der Waals surface area contributed by atoms with Crippen molar-refractivity contribution in [2.75, 3.05) is 5.73 Å². The van der Waals surface area contributed by atoms with Crippen LogP contribution in [0.4, 0.5) is 10.2 Å². The number of nitrogens with two attached hydrogens (primary N) is 1. The summed E-state index contributed by atoms with van der Waals surface area (Å²) in [6.45, 7) is 0. The minimum Gasteiger partial charge on any atom is -0.289 e. The first-order chi connectivity index (χ1) is 9.06. The molecule has 0 amide bonds. The lowest BCUT2D eigenvalue weighted by Gasteiger charge is -1.97. The van der Waals surface area contributed by atoms with Crippen LogP contribution in [0, 0.1) is 5.82 Å². The molecule has 0 aliphatic rings. The molecule has 1 aromatic heterocycles. The molecule has 0 unspecified atom stereocenters. The van der Waals surface area contributed by atoms with Crippen LogP contribution in [0.3, 0.4) is 0 Å². The second-order valence-electron chi connectivity index (χ2n) is 3.87. The Balaban J connectivity index is 2.20. The van der Waals surface area contributed by atoms with Crippen molar-refractivity contribution in [3.05, 3.63) is 65.1 Å². The van der Waals surface area contributed by atoms with E-state index >= 15 is 0 Å². The van der Waals surface area contributed by atoms with Crippen molar-refractivity contribution in [1.29, 1.82) is 0 Å². The molecule has 2 aromatic rings. The smallest absolute Gasteiger partial charge is 0.277 e. The Morgan fingerprint density at radius 2 is 1.89 bits per heavy atom. The molecular formula is C14H11ClFN2O+. The van der Waals surface area contributed by atoms with Gasteiger partial charge < -0.3 is 0 Å². The maximum atomic E-state index is 12.7. The molecule has 0 saturated carbocycles. The van der Waals surface area contributed by atoms with Crippen LogP contribution in [0.5, 0.6) is 0 Å². The van der Waals surface area contributed by atoms with Crippen molar-refractivity contribution >= 4 is 29.4 Å². The van der Waals surface area contributed by atoms with Gasteiger partial charge in [-0.3, -0.25) is 10.5 Å². The summed E-state index contributed by atoms with van der Waals surface area (Å²) in [7, 11) is 0. The van der Waals surface area contributed by atoms with E-state index in [4.69, 9.17) is 17.3 Å². The largest absolute Gasteiger partial charge is 0.289 e. The number of rotatable bonds is 3. The Morgan fingerprint density at radius 3 is 2.58 bits per heavy atom. The SMILES string of the molecule is Nc1ccc(Cl)c[n+]1C=CC(=O)c1ccc(F)cc1. The van der Waals surface area contributed by atoms with Crippen LogP contribution in [0.15, 0.2) is 48.7 Å². The average molecular weight is 278 g/mol. The fourth-order valence-electron chi connectivity index (χ4n) is 1.49. The van der Waals surface area contributed by atoms with Crippen LogP contribution < -0.4 is 10.3 Å². The van der Waals surface area contributed by atoms with E-state index in [9.17, 15) is 9.18 Å². The lowest BCUT2D eigenvalue weighted by Crippen LogP contribution is -2.30. The number of halogens is 2. The fraction of sp³-hybridized carbons (Fsp3) is 0. The van der Waals surface area contributed by atoms with Crippen molar-refractivity contribution < 1.29 is 13.8 Å². The van der Waals surface area contributed by atoms with Gasteiger partial charge in [0.2, 0.25) is 0 Å². The van der Waals surface area contributed by atoms with Crippen molar-refractivity contribution in [1.82, 2.24) is 0 Å². The van der Waals surface area contributed by atoms with Crippen molar-refractivity contribution in [2.24, 2.45) is 0 Å². The van der Waals surface area contributed by atoms with E-state index in [1.54, 1.807) is 18.3 Å². The molecule has 1 aromatic carbocycles. The number of benzene rings is 1. The van der Waals surface area contributed by atoms with Gasteiger partial charge >= 0.3 is 0 Å². The predicted molar refractivity (Wildman–Crippen MR) is 72.1 cm³/mol. The molecule has 1 heterocycles. The van der Waals surface area contributed by atoms with Gasteiger partial charge in [-0.1, -0.05) is 11.6 Å². The summed E-state index contributed by atoms with van der Waals surface area (Å²) in [5.41, 5.74) is 6.13. The molecule has 2 rings (SSSR count). The molecular weight excluding hydrogens is 267 g/mol. The average Bonchev–Trinajstić information content (AvgIpc) is 2.40. The van der Waals surface area contributed by atoms with Gasteiger partial charge in [0.05, 0.1) is 11.2 Å². The summed E-state index contributed by atoms with van der Waals surface area (Å²) < 4.78 is 14.3. The van der Waals surface area contributed by atoms with E-state index in [2.05, 4.69) is 0 Å². The minimum atomic E-state index is -0.381. The number of nitrogen functional groups attached to an aromatic ring is 1. The highest BCUT2D eigenvalue weighted by molar-refractivity contribution is 6.30. The second kappa shape index (κ2) is 5.63. The number of aromatic nitrogens is 1. The number of anilines is 1. The molecule has 0 saturated heterocycles. The molecule has 0 fully saturated rings. The number of hydrogen-bond acceptors (Lipinski definition) is 2. The summed E-state index contributed by atoms with van der Waals surface area (Å²) in [6.07, 6.45) is 4.44. The molecule has 5 heteroatoms. The number of nitrogens with zero attached hydrogens (tertiary/aromatic N) is 1. The molecule has 19 heavy (non-hydrogen) atoms. The van der Waals surface area contributed by atoms with E-state index in [-0.39, 0.29) is 11.6 Å². The molecule has 3 nitrogen and oxygen atoms in total. The molecule has 2 N–H and O–H groups in total. The Labute approximate surface area is 114 Å². The monoisotopic (exact) mass is 277 g/mol. The van der Waals surface area contributed by atoms with E-state index in [1.165, 1.54) is 41.1 Å². The minimum absolute atomic E-state index is 0.244. The molecule has 0 bridgehead atoms. The van der Waals surface area contributed by atoms with Crippen LogP contribution in [-0.4, -0.2) is 5.78 Å². The third-order valence-electron chi connectivity index (χ3n) is 2.49. The maximum Gasteiger partial charge on any atom is 0.277 e. The van der Waals surface area contributed by atoms with Crippen molar-refractivity contribution in [3.63, 3.8) is 0 Å². The van der Waals surface area contributed by atoms with Gasteiger partial charge in [-0.15, -0.1) is 0 Å². The zero-order valence-electron chi connectivity index (χ0n) is 9.88. The summed E-state index contributed by atoms with van der Waals surface area (Å²) in [5, 5.41) is 0.507. The normalized spacial score (nSPS) is 10.8. The van der Waals surface area contributed by atoms with Gasteiger partial charge in [0.25, 0.3) is 5.82 Å². The first-order valence-electron chi connectivity index (χ1n) is 5.50. The second-order valence-corrected chi connectivity index (χ2v) is 4.30. The van der Waals surface area contributed by atoms with Gasteiger partial charge in [-0.05, 0) is 30.3 Å². The number of carbonyl (C=O) groups excluding carboxylic acids is 1. The van der Waals surface area contributed by atoms with Crippen molar-refractivity contribution in [3.8, 4) is 0 Å². The van der Waals surface area contributed by atoms with Gasteiger partial charge in [-0.25, -0.2) is 8.96 Å². The summed E-state index contributed by atoms with van der Waals surface area (Å²) in [4.78, 5) is 11.8. The van der Waals surface area contributed by atoms with E-state index in [0.29, 0.717) is 16.4 Å². The fourth-order valence-corrected chi connectivity index (χ4v) is 1.66. The number of ketones is 1. The molecule has 0 radical (unpaired) electrons. The van der Waals surface area contributed by atoms with Crippen LogP contribution >= 0.6 is 11.6 Å². The molecule has 0 aliphatic carbocycles. The number of allylic oxidation sites excluding steroid dienone is 1. The Morgan fingerprint density at radius 1 is 1.21 bits per heavy atom. The Kier molecular flexibility index (Phi) is 3.92. The summed E-state index contributed by atoms with van der Waals surface area (Å²) >= 11 is 5.83. The third kappa shape index (κ3) is 3.39. The van der Waals surface area contributed by atoms with E-state index < -0.39 is 0 Å². The number of pyridine rings is 1. The summed E-state index contributed by atoms with van der Waals surface area (Å²) in [6, 6.07) is 8.62. The van der Waals surface area contributed by atoms with Gasteiger partial charge in [0.15, 0.2) is 5.78 Å². The maximum absolute atomic E-state index is 12.7. The van der Waals surface area contributed by atoms with E-state index in [0.717, 1.165) is 0 Å². The highest BCUT2D eigenvalue weighted by atomic mass is 35.5. The highest BCUT2D eigenvalue weighted by Gasteiger charge is 2.05. The standard InChI is InChI=1S/C14H10ClFN2O/c15-11-3-6-14(17)18(9-11)8-7-13(19)10-1-4-12(16)5-2-10/h1-9,17H/p+1. The zero-order chi connectivity index (χ0) is 13.8. The highest BCUT2D eigenvalue weighted by Crippen LogP contribution is 2.07. The topological polar surface area (TPSA) is 47.0 Å². The zero-order valence-corrected chi connectivity index (χ0v) is 10.6. The predicted octanol–water partition coefficient (Wildman–Crippen LogP) is 2.70. The van der Waals surface area contributed by atoms with Crippen LogP contribution in [-0.2, 0) is 0 Å². The van der Waals surface area contributed by atoms with Crippen LogP contribution in [0.2, 0.25) is 5.02 Å². The van der Waals surface area contributed by atoms with Crippen LogP contribution in [0.1, 0.15) is 10.4 Å².